The molecule has 2 aliphatic heterocycles. The van der Waals surface area contributed by atoms with Crippen molar-refractivity contribution in [3.8, 4) is 6.07 Å². The van der Waals surface area contributed by atoms with Crippen LogP contribution in [0.5, 0.6) is 0 Å². The number of anilines is 1. The summed E-state index contributed by atoms with van der Waals surface area (Å²) >= 11 is 0. The number of nitrogens with zero attached hydrogens (tertiary/aromatic N) is 4. The summed E-state index contributed by atoms with van der Waals surface area (Å²) in [6.07, 6.45) is 2.30. The van der Waals surface area contributed by atoms with Crippen molar-refractivity contribution < 1.29 is 9.53 Å². The number of carbonyl (C=O) groups is 1. The molecule has 6 heteroatoms. The third-order valence-corrected chi connectivity index (χ3v) is 4.91. The van der Waals surface area contributed by atoms with Crippen molar-refractivity contribution in [2.45, 2.75) is 25.6 Å². The molecule has 0 N–H and O–H groups in total. The number of morpholine rings is 1. The maximum atomic E-state index is 12.6. The molecule has 2 fully saturated rings. The summed E-state index contributed by atoms with van der Waals surface area (Å²) in [6.45, 7) is 4.88. The Kier molecular flexibility index (Phi) is 4.02. The minimum Gasteiger partial charge on any atom is -0.365 e. The first-order valence-electron chi connectivity index (χ1n) is 8.64. The van der Waals surface area contributed by atoms with Gasteiger partial charge in [-0.3, -0.25) is 9.78 Å². The largest absolute Gasteiger partial charge is 0.365 e. The van der Waals surface area contributed by atoms with Gasteiger partial charge in [-0.05, 0) is 37.6 Å². The highest BCUT2D eigenvalue weighted by molar-refractivity contribution is 5.95. The van der Waals surface area contributed by atoms with Crippen LogP contribution < -0.4 is 4.90 Å². The Balaban J connectivity index is 1.68. The van der Waals surface area contributed by atoms with Crippen LogP contribution in [0.1, 0.15) is 18.9 Å². The standard InChI is InChI=1S/C19H20N4O2/c1-13-11-23(12-17(25-13)19(24)22-8-3-9-22)16-6-5-14(10-20)18-15(16)4-2-7-21-18/h2,4-7,13,17H,3,8-9,11-12H2,1H3/t13-,17-/m1/s1. The molecule has 2 saturated heterocycles. The minimum absolute atomic E-state index is 0.0358. The van der Waals surface area contributed by atoms with Crippen LogP contribution in [0.25, 0.3) is 10.9 Å². The van der Waals surface area contributed by atoms with Crippen LogP contribution in [0.15, 0.2) is 30.5 Å². The van der Waals surface area contributed by atoms with E-state index >= 15 is 0 Å². The molecule has 2 atom stereocenters. The van der Waals surface area contributed by atoms with Gasteiger partial charge in [0.05, 0.1) is 23.7 Å². The predicted octanol–water partition coefficient (Wildman–Crippen LogP) is 1.93. The smallest absolute Gasteiger partial charge is 0.253 e. The van der Waals surface area contributed by atoms with Crippen molar-refractivity contribution in [2.24, 2.45) is 0 Å². The summed E-state index contributed by atoms with van der Waals surface area (Å²) in [6, 6.07) is 9.80. The average Bonchev–Trinajstić information content (AvgIpc) is 2.58. The van der Waals surface area contributed by atoms with Gasteiger partial charge in [0.25, 0.3) is 5.91 Å². The number of hydrogen-bond donors (Lipinski definition) is 0. The topological polar surface area (TPSA) is 69.5 Å². The lowest BCUT2D eigenvalue weighted by atomic mass is 10.1. The molecule has 0 unspecified atom stereocenters. The summed E-state index contributed by atoms with van der Waals surface area (Å²) in [5, 5.41) is 10.3. The van der Waals surface area contributed by atoms with Crippen LogP contribution >= 0.6 is 0 Å². The summed E-state index contributed by atoms with van der Waals surface area (Å²) in [5.74, 6) is 0.0823. The lowest BCUT2D eigenvalue weighted by Gasteiger charge is -2.41. The molecule has 1 aromatic heterocycles. The second-order valence-corrected chi connectivity index (χ2v) is 6.66. The van der Waals surface area contributed by atoms with Crippen LogP contribution in [-0.2, 0) is 9.53 Å². The summed E-state index contributed by atoms with van der Waals surface area (Å²) in [7, 11) is 0. The van der Waals surface area contributed by atoms with Crippen LogP contribution in [0, 0.1) is 11.3 Å². The molecule has 1 amide bonds. The highest BCUT2D eigenvalue weighted by atomic mass is 16.5. The molecule has 4 rings (SSSR count). The normalized spacial score (nSPS) is 23.2. The van der Waals surface area contributed by atoms with E-state index in [-0.39, 0.29) is 12.0 Å². The predicted molar refractivity (Wildman–Crippen MR) is 94.2 cm³/mol. The summed E-state index contributed by atoms with van der Waals surface area (Å²) < 4.78 is 5.91. The highest BCUT2D eigenvalue weighted by Gasteiger charge is 2.35. The summed E-state index contributed by atoms with van der Waals surface area (Å²) in [5.41, 5.74) is 2.26. The van der Waals surface area contributed by atoms with Gasteiger partial charge in [0.1, 0.15) is 6.07 Å². The molecule has 0 aliphatic carbocycles. The molecule has 2 aliphatic rings. The number of rotatable bonds is 2. The van der Waals surface area contributed by atoms with Gasteiger partial charge in [-0.25, -0.2) is 0 Å². The van der Waals surface area contributed by atoms with Crippen LogP contribution in [0.3, 0.4) is 0 Å². The SMILES string of the molecule is C[C@@H]1CN(c2ccc(C#N)c3ncccc23)C[C@H](C(=O)N2CCC2)O1. The second-order valence-electron chi connectivity index (χ2n) is 6.66. The first-order chi connectivity index (χ1) is 12.2. The molecule has 3 heterocycles. The van der Waals surface area contributed by atoms with Gasteiger partial charge >= 0.3 is 0 Å². The summed E-state index contributed by atoms with van der Waals surface area (Å²) in [4.78, 5) is 21.0. The van der Waals surface area contributed by atoms with Crippen LogP contribution in [0.4, 0.5) is 5.69 Å². The average molecular weight is 336 g/mol. The molecule has 0 radical (unpaired) electrons. The van der Waals surface area contributed by atoms with E-state index in [0.717, 1.165) is 30.6 Å². The van der Waals surface area contributed by atoms with E-state index in [0.29, 0.717) is 24.2 Å². The van der Waals surface area contributed by atoms with Crippen molar-refractivity contribution >= 4 is 22.5 Å². The van der Waals surface area contributed by atoms with E-state index < -0.39 is 6.10 Å². The van der Waals surface area contributed by atoms with Gasteiger partial charge in [0.2, 0.25) is 0 Å². The molecule has 1 aromatic carbocycles. The zero-order valence-corrected chi connectivity index (χ0v) is 14.2. The second kappa shape index (κ2) is 6.34. The molecular weight excluding hydrogens is 316 g/mol. The van der Waals surface area contributed by atoms with Crippen LogP contribution in [-0.4, -0.2) is 54.2 Å². The Morgan fingerprint density at radius 1 is 1.32 bits per heavy atom. The minimum atomic E-state index is -0.439. The molecule has 0 spiro atoms. The van der Waals surface area contributed by atoms with Gasteiger partial charge in [-0.1, -0.05) is 0 Å². The molecule has 6 nitrogen and oxygen atoms in total. The fourth-order valence-electron chi connectivity index (χ4n) is 3.55. The number of hydrogen-bond acceptors (Lipinski definition) is 5. The number of aromatic nitrogens is 1. The lowest BCUT2D eigenvalue weighted by Crippen LogP contribution is -2.56. The fraction of sp³-hybridized carbons (Fsp3) is 0.421. The number of likely N-dealkylation sites (tertiary alicyclic amines) is 1. The molecule has 128 valence electrons. The lowest BCUT2D eigenvalue weighted by molar-refractivity contribution is -0.151. The van der Waals surface area contributed by atoms with E-state index in [1.54, 1.807) is 12.3 Å². The van der Waals surface area contributed by atoms with E-state index in [1.807, 2.05) is 30.0 Å². The highest BCUT2D eigenvalue weighted by Crippen LogP contribution is 2.30. The number of fused-ring (bicyclic) bond motifs is 1. The zero-order valence-electron chi connectivity index (χ0n) is 14.2. The van der Waals surface area contributed by atoms with Crippen LogP contribution in [0.2, 0.25) is 0 Å². The van der Waals surface area contributed by atoms with Gasteiger partial charge in [-0.15, -0.1) is 0 Å². The van der Waals surface area contributed by atoms with E-state index in [9.17, 15) is 10.1 Å². The van der Waals surface area contributed by atoms with E-state index in [4.69, 9.17) is 4.74 Å². The van der Waals surface area contributed by atoms with Crippen molar-refractivity contribution in [1.82, 2.24) is 9.88 Å². The molecule has 2 aromatic rings. The molecule has 0 saturated carbocycles. The maximum absolute atomic E-state index is 12.6. The molecule has 0 bridgehead atoms. The Morgan fingerprint density at radius 2 is 2.16 bits per heavy atom. The number of amides is 1. The van der Waals surface area contributed by atoms with Gasteiger partial charge in [0.15, 0.2) is 6.10 Å². The number of pyridine rings is 1. The number of benzene rings is 1. The van der Waals surface area contributed by atoms with Crippen molar-refractivity contribution in [3.63, 3.8) is 0 Å². The van der Waals surface area contributed by atoms with Crippen molar-refractivity contribution in [2.75, 3.05) is 31.1 Å². The Hall–Kier alpha value is -2.65. The third-order valence-electron chi connectivity index (χ3n) is 4.91. The van der Waals surface area contributed by atoms with Crippen molar-refractivity contribution in [3.05, 3.63) is 36.0 Å². The first-order valence-corrected chi connectivity index (χ1v) is 8.64. The van der Waals surface area contributed by atoms with Gasteiger partial charge < -0.3 is 14.5 Å². The maximum Gasteiger partial charge on any atom is 0.253 e. The first kappa shape index (κ1) is 15.9. The molecular formula is C19H20N4O2. The van der Waals surface area contributed by atoms with Crippen molar-refractivity contribution in [1.29, 1.82) is 5.26 Å². The monoisotopic (exact) mass is 336 g/mol. The van der Waals surface area contributed by atoms with E-state index in [1.165, 1.54) is 0 Å². The number of ether oxygens (including phenoxy) is 1. The van der Waals surface area contributed by atoms with E-state index in [2.05, 4.69) is 16.0 Å². The fourth-order valence-corrected chi connectivity index (χ4v) is 3.55. The Labute approximate surface area is 146 Å². The van der Waals surface area contributed by atoms with Gasteiger partial charge in [0, 0.05) is 36.9 Å². The quantitative estimate of drug-likeness (QED) is 0.838. The molecule has 25 heavy (non-hydrogen) atoms. The Bertz CT molecular complexity index is 856. The number of carbonyl (C=O) groups excluding carboxylic acids is 1. The Morgan fingerprint density at radius 3 is 2.88 bits per heavy atom. The van der Waals surface area contributed by atoms with Gasteiger partial charge in [-0.2, -0.15) is 5.26 Å². The number of nitriles is 1. The third kappa shape index (κ3) is 2.81. The zero-order chi connectivity index (χ0) is 17.4.